The van der Waals surface area contributed by atoms with Crippen LogP contribution in [0.5, 0.6) is 0 Å². The van der Waals surface area contributed by atoms with E-state index in [2.05, 4.69) is 4.98 Å². The van der Waals surface area contributed by atoms with Crippen LogP contribution in [-0.2, 0) is 0 Å². The lowest BCUT2D eigenvalue weighted by Crippen LogP contribution is -2.00. The van der Waals surface area contributed by atoms with Gasteiger partial charge in [0, 0.05) is 17.1 Å². The van der Waals surface area contributed by atoms with E-state index in [9.17, 15) is 4.79 Å². The predicted octanol–water partition coefficient (Wildman–Crippen LogP) is 3.61. The number of ketones is 1. The van der Waals surface area contributed by atoms with Crippen LogP contribution in [0.2, 0.25) is 0 Å². The van der Waals surface area contributed by atoms with Crippen molar-refractivity contribution in [1.82, 2.24) is 4.98 Å². The van der Waals surface area contributed by atoms with E-state index in [0.29, 0.717) is 11.3 Å². The summed E-state index contributed by atoms with van der Waals surface area (Å²) >= 11 is 0. The molecule has 0 fully saturated rings. The van der Waals surface area contributed by atoms with Crippen molar-refractivity contribution in [3.8, 4) is 0 Å². The summed E-state index contributed by atoms with van der Waals surface area (Å²) in [4.78, 5) is 15.5. The number of rotatable bonds is 2. The molecule has 1 aromatic carbocycles. The maximum absolute atomic E-state index is 12.4. The first-order valence-electron chi connectivity index (χ1n) is 5.83. The zero-order chi connectivity index (χ0) is 12.7. The quantitative estimate of drug-likeness (QED) is 0.694. The molecule has 2 aromatic heterocycles. The Bertz CT molecular complexity index is 734. The molecule has 0 radical (unpaired) electrons. The summed E-state index contributed by atoms with van der Waals surface area (Å²) in [7, 11) is 0. The number of carbonyl (C=O) groups is 1. The molecule has 2 heterocycles. The number of furan rings is 1. The first-order valence-corrected chi connectivity index (χ1v) is 5.83. The number of H-pyrrole nitrogens is 1. The Morgan fingerprint density at radius 2 is 2.06 bits per heavy atom. The third-order valence-corrected chi connectivity index (χ3v) is 3.15. The average molecular weight is 239 g/mol. The molecule has 3 heteroatoms. The number of hydrogen-bond donors (Lipinski definition) is 1. The maximum Gasteiger partial charge on any atom is 0.230 e. The summed E-state index contributed by atoms with van der Waals surface area (Å²) in [6.07, 6.45) is 3.29. The van der Waals surface area contributed by atoms with Crippen molar-refractivity contribution in [3.05, 3.63) is 59.2 Å². The van der Waals surface area contributed by atoms with Gasteiger partial charge in [-0.15, -0.1) is 0 Å². The van der Waals surface area contributed by atoms with Crippen molar-refractivity contribution in [3.63, 3.8) is 0 Å². The molecule has 0 unspecified atom stereocenters. The number of aromatic nitrogens is 1. The number of benzene rings is 1. The topological polar surface area (TPSA) is 46.0 Å². The Kier molecular flexibility index (Phi) is 2.33. The Balaban J connectivity index is 2.18. The van der Waals surface area contributed by atoms with Gasteiger partial charge in [-0.05, 0) is 37.6 Å². The van der Waals surface area contributed by atoms with Gasteiger partial charge in [-0.25, -0.2) is 0 Å². The average Bonchev–Trinajstić information content (AvgIpc) is 2.94. The van der Waals surface area contributed by atoms with Gasteiger partial charge in [0.1, 0.15) is 0 Å². The van der Waals surface area contributed by atoms with Gasteiger partial charge in [-0.1, -0.05) is 11.6 Å². The van der Waals surface area contributed by atoms with Crippen LogP contribution in [0.3, 0.4) is 0 Å². The van der Waals surface area contributed by atoms with Crippen molar-refractivity contribution in [2.24, 2.45) is 0 Å². The fraction of sp³-hybridized carbons (Fsp3) is 0.133. The molecule has 0 bridgehead atoms. The van der Waals surface area contributed by atoms with E-state index in [0.717, 1.165) is 22.0 Å². The Morgan fingerprint density at radius 1 is 1.22 bits per heavy atom. The van der Waals surface area contributed by atoms with Crippen LogP contribution < -0.4 is 0 Å². The van der Waals surface area contributed by atoms with Gasteiger partial charge in [0.2, 0.25) is 5.78 Å². The second-order valence-corrected chi connectivity index (χ2v) is 4.51. The minimum absolute atomic E-state index is 0.0747. The van der Waals surface area contributed by atoms with E-state index < -0.39 is 0 Å². The van der Waals surface area contributed by atoms with Gasteiger partial charge in [-0.3, -0.25) is 4.79 Å². The van der Waals surface area contributed by atoms with Crippen LogP contribution >= 0.6 is 0 Å². The molecular weight excluding hydrogens is 226 g/mol. The lowest BCUT2D eigenvalue weighted by Gasteiger charge is -1.98. The summed E-state index contributed by atoms with van der Waals surface area (Å²) in [6, 6.07) is 7.81. The molecule has 3 rings (SSSR count). The standard InChI is InChI=1S/C15H13NO2/c1-9-3-4-13-11(7-9)12(8-16-13)14(17)15-10(2)5-6-18-15/h3-8,16H,1-2H3. The van der Waals surface area contributed by atoms with Crippen LogP contribution in [0.4, 0.5) is 0 Å². The van der Waals surface area contributed by atoms with E-state index >= 15 is 0 Å². The van der Waals surface area contributed by atoms with Gasteiger partial charge in [0.15, 0.2) is 5.76 Å². The molecule has 0 saturated carbocycles. The molecule has 0 spiro atoms. The first kappa shape index (κ1) is 10.8. The Hall–Kier alpha value is -2.29. The monoisotopic (exact) mass is 239 g/mol. The number of nitrogens with one attached hydrogen (secondary N) is 1. The van der Waals surface area contributed by atoms with Gasteiger partial charge < -0.3 is 9.40 Å². The fourth-order valence-corrected chi connectivity index (χ4v) is 2.15. The molecule has 3 aromatic rings. The molecule has 0 aliphatic heterocycles. The van der Waals surface area contributed by atoms with Crippen molar-refractivity contribution >= 4 is 16.7 Å². The zero-order valence-electron chi connectivity index (χ0n) is 10.3. The molecule has 0 aliphatic carbocycles. The highest BCUT2D eigenvalue weighted by Gasteiger charge is 2.18. The highest BCUT2D eigenvalue weighted by atomic mass is 16.3. The number of aromatic amines is 1. The largest absolute Gasteiger partial charge is 0.461 e. The molecule has 90 valence electrons. The number of fused-ring (bicyclic) bond motifs is 1. The number of carbonyl (C=O) groups excluding carboxylic acids is 1. The SMILES string of the molecule is Cc1ccc2[nH]cc(C(=O)c3occc3C)c2c1. The zero-order valence-corrected chi connectivity index (χ0v) is 10.3. The second kappa shape index (κ2) is 3.88. The normalized spacial score (nSPS) is 11.0. The van der Waals surface area contributed by atoms with Crippen molar-refractivity contribution in [2.75, 3.05) is 0 Å². The lowest BCUT2D eigenvalue weighted by atomic mass is 10.0. The smallest absolute Gasteiger partial charge is 0.230 e. The van der Waals surface area contributed by atoms with Crippen molar-refractivity contribution in [2.45, 2.75) is 13.8 Å². The van der Waals surface area contributed by atoms with Crippen LogP contribution in [0.1, 0.15) is 27.2 Å². The van der Waals surface area contributed by atoms with Gasteiger partial charge in [0.25, 0.3) is 0 Å². The highest BCUT2D eigenvalue weighted by Crippen LogP contribution is 2.23. The summed E-state index contributed by atoms with van der Waals surface area (Å²) < 4.78 is 5.27. The van der Waals surface area contributed by atoms with Crippen LogP contribution in [0.15, 0.2) is 41.1 Å². The minimum atomic E-state index is -0.0747. The highest BCUT2D eigenvalue weighted by molar-refractivity contribution is 6.15. The van der Waals surface area contributed by atoms with E-state index in [-0.39, 0.29) is 5.78 Å². The van der Waals surface area contributed by atoms with Gasteiger partial charge in [0.05, 0.1) is 11.8 Å². The maximum atomic E-state index is 12.4. The van der Waals surface area contributed by atoms with E-state index in [1.807, 2.05) is 32.0 Å². The third kappa shape index (κ3) is 1.56. The predicted molar refractivity (Wildman–Crippen MR) is 69.9 cm³/mol. The molecule has 1 N–H and O–H groups in total. The molecular formula is C15H13NO2. The lowest BCUT2D eigenvalue weighted by molar-refractivity contribution is 0.101. The second-order valence-electron chi connectivity index (χ2n) is 4.51. The summed E-state index contributed by atoms with van der Waals surface area (Å²) in [6.45, 7) is 3.88. The Labute approximate surface area is 104 Å². The van der Waals surface area contributed by atoms with E-state index in [1.165, 1.54) is 0 Å². The van der Waals surface area contributed by atoms with Crippen LogP contribution in [-0.4, -0.2) is 10.8 Å². The van der Waals surface area contributed by atoms with E-state index in [1.54, 1.807) is 18.5 Å². The van der Waals surface area contributed by atoms with Gasteiger partial charge in [-0.2, -0.15) is 0 Å². The molecule has 0 saturated heterocycles. The first-order chi connectivity index (χ1) is 8.66. The van der Waals surface area contributed by atoms with E-state index in [4.69, 9.17) is 4.42 Å². The van der Waals surface area contributed by atoms with Gasteiger partial charge >= 0.3 is 0 Å². The van der Waals surface area contributed by atoms with Crippen LogP contribution in [0.25, 0.3) is 10.9 Å². The molecule has 0 atom stereocenters. The summed E-state index contributed by atoms with van der Waals surface area (Å²) in [5, 5.41) is 0.941. The Morgan fingerprint density at radius 3 is 2.78 bits per heavy atom. The minimum Gasteiger partial charge on any atom is -0.461 e. The molecule has 0 aliphatic rings. The third-order valence-electron chi connectivity index (χ3n) is 3.15. The summed E-state index contributed by atoms with van der Waals surface area (Å²) in [5.41, 5.74) is 3.62. The molecule has 18 heavy (non-hydrogen) atoms. The van der Waals surface area contributed by atoms with Crippen molar-refractivity contribution < 1.29 is 9.21 Å². The number of aryl methyl sites for hydroxylation is 2. The van der Waals surface area contributed by atoms with Crippen molar-refractivity contribution in [1.29, 1.82) is 0 Å². The van der Waals surface area contributed by atoms with Crippen LogP contribution in [0, 0.1) is 13.8 Å². The fourth-order valence-electron chi connectivity index (χ4n) is 2.15. The summed E-state index contributed by atoms with van der Waals surface area (Å²) in [5.74, 6) is 0.340. The molecule has 3 nitrogen and oxygen atoms in total. The molecule has 0 amide bonds. The number of hydrogen-bond acceptors (Lipinski definition) is 2.